The summed E-state index contributed by atoms with van der Waals surface area (Å²) in [5.74, 6) is 0.996. The molecule has 3 heteroatoms. The zero-order valence-electron chi connectivity index (χ0n) is 14.3. The van der Waals surface area contributed by atoms with Gasteiger partial charge in [0.2, 0.25) is 0 Å². The van der Waals surface area contributed by atoms with Crippen molar-refractivity contribution in [2.24, 2.45) is 5.92 Å². The van der Waals surface area contributed by atoms with E-state index in [9.17, 15) is 0 Å². The summed E-state index contributed by atoms with van der Waals surface area (Å²) in [7, 11) is 0. The van der Waals surface area contributed by atoms with Crippen LogP contribution in [0.1, 0.15) is 31.2 Å². The lowest BCUT2D eigenvalue weighted by Crippen LogP contribution is -2.57. The first-order valence-electron chi connectivity index (χ1n) is 9.44. The number of benzene rings is 1. The Bertz CT molecular complexity index is 492. The van der Waals surface area contributed by atoms with E-state index in [4.69, 9.17) is 4.74 Å². The van der Waals surface area contributed by atoms with E-state index >= 15 is 0 Å². The van der Waals surface area contributed by atoms with Crippen molar-refractivity contribution in [3.63, 3.8) is 0 Å². The fourth-order valence-corrected chi connectivity index (χ4v) is 4.16. The summed E-state index contributed by atoms with van der Waals surface area (Å²) in [5.41, 5.74) is 1.62. The van der Waals surface area contributed by atoms with E-state index < -0.39 is 0 Å². The molecule has 0 atom stereocenters. The Hall–Kier alpha value is -0.900. The zero-order chi connectivity index (χ0) is 15.5. The summed E-state index contributed by atoms with van der Waals surface area (Å²) in [5, 5.41) is 0. The fourth-order valence-electron chi connectivity index (χ4n) is 4.16. The second kappa shape index (κ2) is 6.92. The molecule has 126 valence electrons. The van der Waals surface area contributed by atoms with E-state index in [2.05, 4.69) is 40.1 Å². The SMILES string of the molecule is c1ccc(CCN2CCC3(CC2)CN(CC2CC2)CCO3)cc1. The third-order valence-corrected chi connectivity index (χ3v) is 5.87. The van der Waals surface area contributed by atoms with Crippen LogP contribution >= 0.6 is 0 Å². The van der Waals surface area contributed by atoms with Gasteiger partial charge in [-0.05, 0) is 43.6 Å². The summed E-state index contributed by atoms with van der Waals surface area (Å²) < 4.78 is 6.28. The summed E-state index contributed by atoms with van der Waals surface area (Å²) in [6, 6.07) is 10.9. The highest BCUT2D eigenvalue weighted by atomic mass is 16.5. The van der Waals surface area contributed by atoms with Gasteiger partial charge in [-0.2, -0.15) is 0 Å². The first kappa shape index (κ1) is 15.6. The lowest BCUT2D eigenvalue weighted by atomic mass is 9.89. The molecule has 1 aliphatic carbocycles. The summed E-state index contributed by atoms with van der Waals surface area (Å²) in [6.45, 7) is 8.17. The van der Waals surface area contributed by atoms with Crippen molar-refractivity contribution in [1.82, 2.24) is 9.80 Å². The average Bonchev–Trinajstić information content (AvgIpc) is 3.40. The molecule has 1 spiro atoms. The van der Waals surface area contributed by atoms with E-state index in [1.54, 1.807) is 0 Å². The van der Waals surface area contributed by atoms with Crippen molar-refractivity contribution in [3.05, 3.63) is 35.9 Å². The predicted octanol–water partition coefficient (Wildman–Crippen LogP) is 2.81. The number of ether oxygens (including phenoxy) is 1. The van der Waals surface area contributed by atoms with E-state index in [1.807, 2.05) is 0 Å². The molecule has 3 fully saturated rings. The Labute approximate surface area is 140 Å². The van der Waals surface area contributed by atoms with Crippen LogP contribution in [-0.2, 0) is 11.2 Å². The van der Waals surface area contributed by atoms with Crippen LogP contribution in [0.5, 0.6) is 0 Å². The minimum Gasteiger partial charge on any atom is -0.372 e. The van der Waals surface area contributed by atoms with Gasteiger partial charge in [0.15, 0.2) is 0 Å². The second-order valence-electron chi connectivity index (χ2n) is 7.79. The monoisotopic (exact) mass is 314 g/mol. The number of morpholine rings is 1. The minimum absolute atomic E-state index is 0.163. The Morgan fingerprint density at radius 1 is 1.00 bits per heavy atom. The molecule has 3 nitrogen and oxygen atoms in total. The van der Waals surface area contributed by atoms with E-state index in [0.717, 1.165) is 19.1 Å². The maximum absolute atomic E-state index is 6.28. The molecule has 0 unspecified atom stereocenters. The van der Waals surface area contributed by atoms with Gasteiger partial charge in [-0.15, -0.1) is 0 Å². The number of hydrogen-bond acceptors (Lipinski definition) is 3. The summed E-state index contributed by atoms with van der Waals surface area (Å²) in [6.07, 6.45) is 6.50. The van der Waals surface area contributed by atoms with Crippen molar-refractivity contribution >= 4 is 0 Å². The molecular weight excluding hydrogens is 284 g/mol. The van der Waals surface area contributed by atoms with Gasteiger partial charge >= 0.3 is 0 Å². The third kappa shape index (κ3) is 4.14. The number of likely N-dealkylation sites (tertiary alicyclic amines) is 1. The molecule has 1 aromatic rings. The third-order valence-electron chi connectivity index (χ3n) is 5.87. The Balaban J connectivity index is 1.24. The van der Waals surface area contributed by atoms with Crippen LogP contribution in [0.4, 0.5) is 0 Å². The van der Waals surface area contributed by atoms with Crippen LogP contribution in [0.15, 0.2) is 30.3 Å². The maximum atomic E-state index is 6.28. The van der Waals surface area contributed by atoms with E-state index in [0.29, 0.717) is 0 Å². The quantitative estimate of drug-likeness (QED) is 0.831. The van der Waals surface area contributed by atoms with Crippen molar-refractivity contribution in [2.75, 3.05) is 45.9 Å². The van der Waals surface area contributed by atoms with Crippen LogP contribution in [0.2, 0.25) is 0 Å². The molecule has 0 amide bonds. The highest BCUT2D eigenvalue weighted by molar-refractivity contribution is 5.14. The molecule has 0 bridgehead atoms. The maximum Gasteiger partial charge on any atom is 0.0833 e. The van der Waals surface area contributed by atoms with Crippen molar-refractivity contribution < 1.29 is 4.74 Å². The van der Waals surface area contributed by atoms with Crippen molar-refractivity contribution in [2.45, 2.75) is 37.7 Å². The van der Waals surface area contributed by atoms with Crippen LogP contribution in [0.25, 0.3) is 0 Å². The standard InChI is InChI=1S/C20H30N2O/c1-2-4-18(5-3-1)8-11-21-12-9-20(10-13-21)17-22(14-15-23-20)16-19-6-7-19/h1-5,19H,6-17H2. The topological polar surface area (TPSA) is 15.7 Å². The average molecular weight is 314 g/mol. The Morgan fingerprint density at radius 2 is 1.78 bits per heavy atom. The van der Waals surface area contributed by atoms with Gasteiger partial charge in [-0.25, -0.2) is 0 Å². The molecule has 4 rings (SSSR count). The van der Waals surface area contributed by atoms with Crippen molar-refractivity contribution in [3.8, 4) is 0 Å². The number of piperidine rings is 1. The lowest BCUT2D eigenvalue weighted by molar-refractivity contribution is -0.136. The molecule has 0 radical (unpaired) electrons. The highest BCUT2D eigenvalue weighted by Gasteiger charge is 2.40. The largest absolute Gasteiger partial charge is 0.372 e. The second-order valence-corrected chi connectivity index (χ2v) is 7.79. The number of rotatable bonds is 5. The molecule has 0 N–H and O–H groups in total. The van der Waals surface area contributed by atoms with Gasteiger partial charge in [-0.1, -0.05) is 30.3 Å². The summed E-state index contributed by atoms with van der Waals surface area (Å²) >= 11 is 0. The molecule has 2 aliphatic heterocycles. The predicted molar refractivity (Wildman–Crippen MR) is 93.7 cm³/mol. The normalized spacial score (nSPS) is 25.7. The van der Waals surface area contributed by atoms with Crippen LogP contribution in [-0.4, -0.2) is 61.3 Å². The zero-order valence-corrected chi connectivity index (χ0v) is 14.3. The van der Waals surface area contributed by atoms with Crippen molar-refractivity contribution in [1.29, 1.82) is 0 Å². The Morgan fingerprint density at radius 3 is 2.52 bits per heavy atom. The molecule has 0 aromatic heterocycles. The minimum atomic E-state index is 0.163. The first-order valence-corrected chi connectivity index (χ1v) is 9.44. The summed E-state index contributed by atoms with van der Waals surface area (Å²) in [4.78, 5) is 5.31. The van der Waals surface area contributed by atoms with Gasteiger partial charge in [0, 0.05) is 39.3 Å². The smallest absolute Gasteiger partial charge is 0.0833 e. The van der Waals surface area contributed by atoms with E-state index in [-0.39, 0.29) is 5.60 Å². The molecular formula is C20H30N2O. The van der Waals surface area contributed by atoms with Gasteiger partial charge in [0.1, 0.15) is 0 Å². The van der Waals surface area contributed by atoms with E-state index in [1.165, 1.54) is 70.4 Å². The highest BCUT2D eigenvalue weighted by Crippen LogP contribution is 2.34. The molecule has 2 heterocycles. The van der Waals surface area contributed by atoms with Gasteiger partial charge in [0.05, 0.1) is 12.2 Å². The van der Waals surface area contributed by atoms with Gasteiger partial charge in [0.25, 0.3) is 0 Å². The molecule has 23 heavy (non-hydrogen) atoms. The fraction of sp³-hybridized carbons (Fsp3) is 0.700. The van der Waals surface area contributed by atoms with Crippen LogP contribution in [0.3, 0.4) is 0 Å². The van der Waals surface area contributed by atoms with Gasteiger partial charge in [-0.3, -0.25) is 4.90 Å². The molecule has 1 saturated carbocycles. The van der Waals surface area contributed by atoms with Crippen LogP contribution in [0, 0.1) is 5.92 Å². The lowest BCUT2D eigenvalue weighted by Gasteiger charge is -2.47. The molecule has 3 aliphatic rings. The first-order chi connectivity index (χ1) is 11.3. The van der Waals surface area contributed by atoms with Gasteiger partial charge < -0.3 is 9.64 Å². The number of hydrogen-bond donors (Lipinski definition) is 0. The molecule has 2 saturated heterocycles. The molecule has 1 aromatic carbocycles. The Kier molecular flexibility index (Phi) is 4.70. The number of nitrogens with zero attached hydrogens (tertiary/aromatic N) is 2. The van der Waals surface area contributed by atoms with Crippen LogP contribution < -0.4 is 0 Å².